The van der Waals surface area contributed by atoms with E-state index in [1.165, 1.54) is 7.11 Å². The maximum absolute atomic E-state index is 10.8. The van der Waals surface area contributed by atoms with E-state index in [4.69, 9.17) is 4.42 Å². The second kappa shape index (κ2) is 4.43. The van der Waals surface area contributed by atoms with Gasteiger partial charge in [0.05, 0.1) is 13.5 Å². The van der Waals surface area contributed by atoms with Crippen molar-refractivity contribution in [3.8, 4) is 0 Å². The number of carbonyl (C=O) groups is 1. The lowest BCUT2D eigenvalue weighted by Gasteiger charge is -2.04. The fourth-order valence-electron chi connectivity index (χ4n) is 0.849. The van der Waals surface area contributed by atoms with Crippen molar-refractivity contribution in [1.29, 1.82) is 0 Å². The van der Waals surface area contributed by atoms with E-state index in [2.05, 4.69) is 20.7 Å². The van der Waals surface area contributed by atoms with Crippen molar-refractivity contribution in [1.82, 2.24) is 0 Å². The van der Waals surface area contributed by atoms with Crippen molar-refractivity contribution in [3.05, 3.63) is 22.6 Å². The highest BCUT2D eigenvalue weighted by Crippen LogP contribution is 2.22. The third-order valence-electron chi connectivity index (χ3n) is 1.51. The molecule has 0 unspecified atom stereocenters. The van der Waals surface area contributed by atoms with Gasteiger partial charge in [0.2, 0.25) is 0 Å². The SMILES string of the molecule is COC(=O)C[C@H](O)c1ccc(Br)o1. The largest absolute Gasteiger partial charge is 0.469 e. The highest BCUT2D eigenvalue weighted by atomic mass is 79.9. The molecule has 0 fully saturated rings. The molecule has 0 aliphatic rings. The Bertz CT molecular complexity index is 294. The molecule has 13 heavy (non-hydrogen) atoms. The van der Waals surface area contributed by atoms with Gasteiger partial charge < -0.3 is 14.3 Å². The molecule has 0 spiro atoms. The molecule has 5 heteroatoms. The Morgan fingerprint density at radius 1 is 1.77 bits per heavy atom. The maximum Gasteiger partial charge on any atom is 0.308 e. The Morgan fingerprint density at radius 2 is 2.46 bits per heavy atom. The van der Waals surface area contributed by atoms with Crippen LogP contribution in [0.2, 0.25) is 0 Å². The minimum atomic E-state index is -0.946. The van der Waals surface area contributed by atoms with E-state index in [0.717, 1.165) is 0 Å². The Labute approximate surface area is 83.6 Å². The predicted molar refractivity (Wildman–Crippen MR) is 48.0 cm³/mol. The minimum absolute atomic E-state index is 0.101. The standard InChI is InChI=1S/C8H9BrO4/c1-12-8(11)4-5(10)6-2-3-7(9)13-6/h2-3,5,10H,4H2,1H3/t5-/m0/s1. The molecule has 0 amide bonds. The van der Waals surface area contributed by atoms with Crippen molar-refractivity contribution in [2.24, 2.45) is 0 Å². The molecule has 1 heterocycles. The van der Waals surface area contributed by atoms with Crippen molar-refractivity contribution >= 4 is 21.9 Å². The molecule has 0 saturated heterocycles. The van der Waals surface area contributed by atoms with Crippen LogP contribution in [0.15, 0.2) is 21.2 Å². The van der Waals surface area contributed by atoms with E-state index in [-0.39, 0.29) is 6.42 Å². The number of aliphatic hydroxyl groups is 1. The van der Waals surface area contributed by atoms with Gasteiger partial charge in [0.25, 0.3) is 0 Å². The highest BCUT2D eigenvalue weighted by molar-refractivity contribution is 9.10. The summed E-state index contributed by atoms with van der Waals surface area (Å²) in [6, 6.07) is 3.24. The van der Waals surface area contributed by atoms with E-state index in [9.17, 15) is 9.90 Å². The summed E-state index contributed by atoms with van der Waals surface area (Å²) in [7, 11) is 1.27. The normalized spacial score (nSPS) is 12.5. The Balaban J connectivity index is 2.58. The number of esters is 1. The quantitative estimate of drug-likeness (QED) is 0.827. The number of hydrogen-bond donors (Lipinski definition) is 1. The Hall–Kier alpha value is -0.810. The lowest BCUT2D eigenvalue weighted by molar-refractivity contribution is -0.143. The first-order valence-electron chi connectivity index (χ1n) is 3.63. The molecule has 72 valence electrons. The maximum atomic E-state index is 10.8. The van der Waals surface area contributed by atoms with Gasteiger partial charge in [-0.05, 0) is 28.1 Å². The topological polar surface area (TPSA) is 59.7 Å². The van der Waals surface area contributed by atoms with Crippen LogP contribution < -0.4 is 0 Å². The van der Waals surface area contributed by atoms with Gasteiger partial charge in [0.15, 0.2) is 4.67 Å². The number of hydrogen-bond acceptors (Lipinski definition) is 4. The molecule has 0 aromatic carbocycles. The van der Waals surface area contributed by atoms with Crippen molar-refractivity contribution in [2.45, 2.75) is 12.5 Å². The van der Waals surface area contributed by atoms with Crippen LogP contribution in [-0.2, 0) is 9.53 Å². The van der Waals surface area contributed by atoms with Crippen molar-refractivity contribution < 1.29 is 19.1 Å². The molecule has 0 aliphatic carbocycles. The number of carbonyl (C=O) groups excluding carboxylic acids is 1. The van der Waals surface area contributed by atoms with E-state index in [1.807, 2.05) is 0 Å². The molecule has 4 nitrogen and oxygen atoms in total. The monoisotopic (exact) mass is 248 g/mol. The summed E-state index contributed by atoms with van der Waals surface area (Å²) in [6.07, 6.45) is -1.05. The fourth-order valence-corrected chi connectivity index (χ4v) is 1.17. The summed E-state index contributed by atoms with van der Waals surface area (Å²) >= 11 is 3.09. The zero-order valence-corrected chi connectivity index (χ0v) is 8.58. The summed E-state index contributed by atoms with van der Waals surface area (Å²) in [6.45, 7) is 0. The smallest absolute Gasteiger partial charge is 0.308 e. The van der Waals surface area contributed by atoms with Crippen molar-refractivity contribution in [2.75, 3.05) is 7.11 Å². The number of methoxy groups -OCH3 is 1. The Kier molecular flexibility index (Phi) is 3.50. The number of ether oxygens (including phenoxy) is 1. The van der Waals surface area contributed by atoms with Crippen LogP contribution >= 0.6 is 15.9 Å². The van der Waals surface area contributed by atoms with Gasteiger partial charge in [-0.1, -0.05) is 0 Å². The van der Waals surface area contributed by atoms with Crippen LogP contribution in [0, 0.1) is 0 Å². The van der Waals surface area contributed by atoms with Crippen LogP contribution in [0.1, 0.15) is 18.3 Å². The van der Waals surface area contributed by atoms with E-state index < -0.39 is 12.1 Å². The highest BCUT2D eigenvalue weighted by Gasteiger charge is 2.16. The van der Waals surface area contributed by atoms with Gasteiger partial charge in [-0.3, -0.25) is 4.79 Å². The second-order valence-corrected chi connectivity index (χ2v) is 3.22. The molecule has 0 bridgehead atoms. The van der Waals surface area contributed by atoms with Crippen LogP contribution in [0.25, 0.3) is 0 Å². The van der Waals surface area contributed by atoms with Crippen LogP contribution in [-0.4, -0.2) is 18.2 Å². The third-order valence-corrected chi connectivity index (χ3v) is 1.94. The molecule has 1 N–H and O–H groups in total. The first-order valence-corrected chi connectivity index (χ1v) is 4.43. The molecule has 0 aliphatic heterocycles. The van der Waals surface area contributed by atoms with Gasteiger partial charge in [0.1, 0.15) is 11.9 Å². The van der Waals surface area contributed by atoms with Crippen LogP contribution in [0.5, 0.6) is 0 Å². The molecule has 1 aromatic heterocycles. The minimum Gasteiger partial charge on any atom is -0.469 e. The molecule has 0 radical (unpaired) electrons. The second-order valence-electron chi connectivity index (χ2n) is 2.44. The lowest BCUT2D eigenvalue weighted by atomic mass is 10.2. The average Bonchev–Trinajstić information content (AvgIpc) is 2.51. The fraction of sp³-hybridized carbons (Fsp3) is 0.375. The zero-order chi connectivity index (χ0) is 9.84. The van der Waals surface area contributed by atoms with Crippen LogP contribution in [0.4, 0.5) is 0 Å². The summed E-state index contributed by atoms with van der Waals surface area (Å²) in [5.74, 6) is -0.128. The predicted octanol–water partition coefficient (Wildman–Crippen LogP) is 1.64. The van der Waals surface area contributed by atoms with Crippen LogP contribution in [0.3, 0.4) is 0 Å². The Morgan fingerprint density at radius 3 is 2.92 bits per heavy atom. The zero-order valence-electron chi connectivity index (χ0n) is 6.99. The van der Waals surface area contributed by atoms with Gasteiger partial charge in [0, 0.05) is 0 Å². The number of furan rings is 1. The number of rotatable bonds is 3. The average molecular weight is 249 g/mol. The van der Waals surface area contributed by atoms with Crippen molar-refractivity contribution in [3.63, 3.8) is 0 Å². The number of halogens is 1. The molecular weight excluding hydrogens is 240 g/mol. The van der Waals surface area contributed by atoms with Gasteiger partial charge >= 0.3 is 5.97 Å². The molecule has 1 aromatic rings. The molecule has 1 atom stereocenters. The summed E-state index contributed by atoms with van der Waals surface area (Å²) in [5, 5.41) is 9.42. The summed E-state index contributed by atoms with van der Waals surface area (Å²) < 4.78 is 9.97. The first kappa shape index (κ1) is 10.3. The van der Waals surface area contributed by atoms with E-state index in [0.29, 0.717) is 10.4 Å². The molecule has 1 rings (SSSR count). The molecular formula is C8H9BrO4. The molecule has 0 saturated carbocycles. The van der Waals surface area contributed by atoms with Gasteiger partial charge in [-0.15, -0.1) is 0 Å². The first-order chi connectivity index (χ1) is 6.13. The van der Waals surface area contributed by atoms with E-state index in [1.54, 1.807) is 12.1 Å². The van der Waals surface area contributed by atoms with Gasteiger partial charge in [-0.25, -0.2) is 0 Å². The summed E-state index contributed by atoms with van der Waals surface area (Å²) in [4.78, 5) is 10.8. The summed E-state index contributed by atoms with van der Waals surface area (Å²) in [5.41, 5.74) is 0. The number of aliphatic hydroxyl groups excluding tert-OH is 1. The van der Waals surface area contributed by atoms with Gasteiger partial charge in [-0.2, -0.15) is 0 Å². The van der Waals surface area contributed by atoms with E-state index >= 15 is 0 Å². The lowest BCUT2D eigenvalue weighted by Crippen LogP contribution is -2.07. The third kappa shape index (κ3) is 2.86.